The third-order valence-corrected chi connectivity index (χ3v) is 4.33. The number of halogens is 1. The Labute approximate surface area is 121 Å². The van der Waals surface area contributed by atoms with Crippen molar-refractivity contribution in [2.75, 3.05) is 13.1 Å². The molecule has 102 valence electrons. The molecule has 0 aromatic heterocycles. The van der Waals surface area contributed by atoms with Gasteiger partial charge in [0.15, 0.2) is 0 Å². The standard InChI is InChI=1S/C16H21ClN2/c1-2-3-13-6-8-19(9-7-13)12-15-5-4-14(11-18)10-16(15)17/h4-5,10,13H,2-3,6-9,12H2,1H3. The molecule has 1 aromatic rings. The summed E-state index contributed by atoms with van der Waals surface area (Å²) in [4.78, 5) is 2.47. The second-order valence-electron chi connectivity index (χ2n) is 5.43. The third-order valence-electron chi connectivity index (χ3n) is 3.98. The maximum Gasteiger partial charge on any atom is 0.0992 e. The predicted molar refractivity (Wildman–Crippen MR) is 79.1 cm³/mol. The third kappa shape index (κ3) is 3.96. The van der Waals surface area contributed by atoms with Gasteiger partial charge in [-0.1, -0.05) is 37.4 Å². The average Bonchev–Trinajstić information content (AvgIpc) is 2.43. The Hall–Kier alpha value is -1.04. The molecule has 1 heterocycles. The molecule has 0 unspecified atom stereocenters. The number of hydrogen-bond acceptors (Lipinski definition) is 2. The van der Waals surface area contributed by atoms with Crippen molar-refractivity contribution in [3.63, 3.8) is 0 Å². The summed E-state index contributed by atoms with van der Waals surface area (Å²) in [6.45, 7) is 5.51. The van der Waals surface area contributed by atoms with E-state index in [1.54, 1.807) is 6.07 Å². The SMILES string of the molecule is CCCC1CCN(Cc2ccc(C#N)cc2Cl)CC1. The number of piperidine rings is 1. The van der Waals surface area contributed by atoms with Gasteiger partial charge in [-0.25, -0.2) is 0 Å². The van der Waals surface area contributed by atoms with Crippen LogP contribution >= 0.6 is 11.6 Å². The summed E-state index contributed by atoms with van der Waals surface area (Å²) in [7, 11) is 0. The summed E-state index contributed by atoms with van der Waals surface area (Å²) in [5.41, 5.74) is 1.77. The highest BCUT2D eigenvalue weighted by molar-refractivity contribution is 6.31. The number of likely N-dealkylation sites (tertiary alicyclic amines) is 1. The van der Waals surface area contributed by atoms with Crippen molar-refractivity contribution in [2.45, 2.75) is 39.2 Å². The van der Waals surface area contributed by atoms with Gasteiger partial charge in [-0.2, -0.15) is 5.26 Å². The maximum atomic E-state index is 8.83. The Morgan fingerprint density at radius 1 is 1.37 bits per heavy atom. The van der Waals surface area contributed by atoms with E-state index in [9.17, 15) is 0 Å². The van der Waals surface area contributed by atoms with Crippen LogP contribution in [0.2, 0.25) is 5.02 Å². The molecule has 0 amide bonds. The minimum atomic E-state index is 0.635. The van der Waals surface area contributed by atoms with Crippen LogP contribution in [0.3, 0.4) is 0 Å². The molecule has 0 spiro atoms. The van der Waals surface area contributed by atoms with E-state index in [0.29, 0.717) is 5.56 Å². The van der Waals surface area contributed by atoms with E-state index in [0.717, 1.165) is 23.0 Å². The average molecular weight is 277 g/mol. The van der Waals surface area contributed by atoms with Crippen LogP contribution in [0.25, 0.3) is 0 Å². The van der Waals surface area contributed by atoms with Crippen molar-refractivity contribution in [1.82, 2.24) is 4.90 Å². The molecule has 0 radical (unpaired) electrons. The molecule has 3 heteroatoms. The van der Waals surface area contributed by atoms with Gasteiger partial charge >= 0.3 is 0 Å². The molecular formula is C16H21ClN2. The largest absolute Gasteiger partial charge is 0.299 e. The van der Waals surface area contributed by atoms with Crippen LogP contribution in [0.5, 0.6) is 0 Å². The van der Waals surface area contributed by atoms with E-state index >= 15 is 0 Å². The smallest absolute Gasteiger partial charge is 0.0992 e. The molecule has 0 bridgehead atoms. The highest BCUT2D eigenvalue weighted by Gasteiger charge is 2.19. The quantitative estimate of drug-likeness (QED) is 0.823. The molecule has 0 atom stereocenters. The van der Waals surface area contributed by atoms with Gasteiger partial charge in [-0.3, -0.25) is 4.90 Å². The Kier molecular flexibility index (Phi) is 5.24. The summed E-state index contributed by atoms with van der Waals surface area (Å²) in [6, 6.07) is 7.72. The first kappa shape index (κ1) is 14.4. The number of benzene rings is 1. The van der Waals surface area contributed by atoms with E-state index < -0.39 is 0 Å². The molecule has 2 rings (SSSR count). The number of hydrogen-bond donors (Lipinski definition) is 0. The van der Waals surface area contributed by atoms with E-state index in [1.807, 2.05) is 12.1 Å². The number of rotatable bonds is 4. The van der Waals surface area contributed by atoms with Crippen LogP contribution < -0.4 is 0 Å². The lowest BCUT2D eigenvalue weighted by Gasteiger charge is -2.32. The zero-order valence-electron chi connectivity index (χ0n) is 11.5. The number of nitriles is 1. The van der Waals surface area contributed by atoms with Gasteiger partial charge in [0, 0.05) is 11.6 Å². The van der Waals surface area contributed by atoms with Gasteiger partial charge in [0.25, 0.3) is 0 Å². The highest BCUT2D eigenvalue weighted by atomic mass is 35.5. The van der Waals surface area contributed by atoms with Crippen LogP contribution in [0, 0.1) is 17.2 Å². The van der Waals surface area contributed by atoms with Crippen molar-refractivity contribution >= 4 is 11.6 Å². The van der Waals surface area contributed by atoms with E-state index in [4.69, 9.17) is 16.9 Å². The Balaban J connectivity index is 1.91. The lowest BCUT2D eigenvalue weighted by Crippen LogP contribution is -2.33. The fraction of sp³-hybridized carbons (Fsp3) is 0.562. The van der Waals surface area contributed by atoms with Crippen molar-refractivity contribution in [3.8, 4) is 6.07 Å². The summed E-state index contributed by atoms with van der Waals surface area (Å²) < 4.78 is 0. The minimum absolute atomic E-state index is 0.635. The normalized spacial score (nSPS) is 17.3. The summed E-state index contributed by atoms with van der Waals surface area (Å²) >= 11 is 6.23. The Bertz CT molecular complexity index is 456. The lowest BCUT2D eigenvalue weighted by molar-refractivity contribution is 0.172. The molecule has 0 N–H and O–H groups in total. The van der Waals surface area contributed by atoms with Gasteiger partial charge < -0.3 is 0 Å². The molecule has 1 aliphatic heterocycles. The summed E-state index contributed by atoms with van der Waals surface area (Å²) in [5, 5.41) is 9.55. The molecule has 2 nitrogen and oxygen atoms in total. The molecule has 1 saturated heterocycles. The molecule has 1 aliphatic rings. The van der Waals surface area contributed by atoms with Crippen molar-refractivity contribution in [3.05, 3.63) is 34.3 Å². The van der Waals surface area contributed by atoms with Crippen LogP contribution in [0.1, 0.15) is 43.7 Å². The minimum Gasteiger partial charge on any atom is -0.299 e. The second-order valence-corrected chi connectivity index (χ2v) is 5.83. The van der Waals surface area contributed by atoms with Crippen LogP contribution in [-0.2, 0) is 6.54 Å². The summed E-state index contributed by atoms with van der Waals surface area (Å²) in [6.07, 6.45) is 5.28. The molecular weight excluding hydrogens is 256 g/mol. The van der Waals surface area contributed by atoms with Gasteiger partial charge in [0.1, 0.15) is 0 Å². The Morgan fingerprint density at radius 3 is 2.68 bits per heavy atom. The number of nitrogens with zero attached hydrogens (tertiary/aromatic N) is 2. The first-order valence-electron chi connectivity index (χ1n) is 7.13. The van der Waals surface area contributed by atoms with Crippen molar-refractivity contribution in [2.24, 2.45) is 5.92 Å². The second kappa shape index (κ2) is 6.93. The molecule has 0 aliphatic carbocycles. The zero-order chi connectivity index (χ0) is 13.7. The van der Waals surface area contributed by atoms with Gasteiger partial charge in [-0.05, 0) is 49.5 Å². The fourth-order valence-corrected chi connectivity index (χ4v) is 3.07. The Morgan fingerprint density at radius 2 is 2.11 bits per heavy atom. The van der Waals surface area contributed by atoms with E-state index in [2.05, 4.69) is 17.9 Å². The molecule has 1 fully saturated rings. The van der Waals surface area contributed by atoms with Crippen LogP contribution in [0.4, 0.5) is 0 Å². The molecule has 0 saturated carbocycles. The topological polar surface area (TPSA) is 27.0 Å². The van der Waals surface area contributed by atoms with E-state index in [1.165, 1.54) is 38.8 Å². The van der Waals surface area contributed by atoms with Crippen molar-refractivity contribution in [1.29, 1.82) is 5.26 Å². The predicted octanol–water partition coefficient (Wildman–Crippen LogP) is 4.22. The van der Waals surface area contributed by atoms with Crippen LogP contribution in [0.15, 0.2) is 18.2 Å². The monoisotopic (exact) mass is 276 g/mol. The molecule has 19 heavy (non-hydrogen) atoms. The maximum absolute atomic E-state index is 8.83. The van der Waals surface area contributed by atoms with Gasteiger partial charge in [0.2, 0.25) is 0 Å². The summed E-state index contributed by atoms with van der Waals surface area (Å²) in [5.74, 6) is 0.915. The van der Waals surface area contributed by atoms with E-state index in [-0.39, 0.29) is 0 Å². The zero-order valence-corrected chi connectivity index (χ0v) is 12.3. The van der Waals surface area contributed by atoms with Crippen LogP contribution in [-0.4, -0.2) is 18.0 Å². The first-order chi connectivity index (χ1) is 9.22. The lowest BCUT2D eigenvalue weighted by atomic mass is 9.92. The fourth-order valence-electron chi connectivity index (χ4n) is 2.83. The van der Waals surface area contributed by atoms with Crippen molar-refractivity contribution < 1.29 is 0 Å². The van der Waals surface area contributed by atoms with Gasteiger partial charge in [-0.15, -0.1) is 0 Å². The van der Waals surface area contributed by atoms with Gasteiger partial charge in [0.05, 0.1) is 11.6 Å². The first-order valence-corrected chi connectivity index (χ1v) is 7.51. The molecule has 1 aromatic carbocycles. The highest BCUT2D eigenvalue weighted by Crippen LogP contribution is 2.25.